The minimum Gasteiger partial charge on any atom is -0.485 e. The maximum Gasteiger partial charge on any atom is 0.221 e. The van der Waals surface area contributed by atoms with Crippen LogP contribution in [-0.2, 0) is 26.3 Å². The Morgan fingerprint density at radius 2 is 1.93 bits per heavy atom. The molecule has 41 heavy (non-hydrogen) atoms. The van der Waals surface area contributed by atoms with Gasteiger partial charge in [-0.15, -0.1) is 0 Å². The van der Waals surface area contributed by atoms with E-state index in [0.717, 1.165) is 6.20 Å². The molecule has 0 spiro atoms. The first-order valence-corrected chi connectivity index (χ1v) is 12.5. The van der Waals surface area contributed by atoms with Gasteiger partial charge < -0.3 is 15.4 Å². The number of nitrogens with zero attached hydrogens (tertiary/aromatic N) is 5. The Morgan fingerprint density at radius 1 is 1.22 bits per heavy atom. The van der Waals surface area contributed by atoms with Crippen molar-refractivity contribution in [2.45, 2.75) is 46.6 Å². The highest BCUT2D eigenvalue weighted by Crippen LogP contribution is 2.38. The summed E-state index contributed by atoms with van der Waals surface area (Å²) in [6.45, 7) is 5.23. The van der Waals surface area contributed by atoms with E-state index >= 15 is 4.39 Å². The molecule has 0 saturated carbocycles. The van der Waals surface area contributed by atoms with E-state index in [4.69, 9.17) is 24.8 Å². The molecule has 0 bridgehead atoms. The molecule has 0 aromatic carbocycles. The van der Waals surface area contributed by atoms with Crippen molar-refractivity contribution in [2.75, 3.05) is 4.90 Å². The van der Waals surface area contributed by atoms with E-state index in [-0.39, 0.29) is 28.0 Å². The smallest absolute Gasteiger partial charge is 0.221 e. The molecule has 4 heterocycles. The van der Waals surface area contributed by atoms with Crippen LogP contribution in [0.5, 0.6) is 0 Å². The molecule has 1 amide bonds. The first-order valence-electron chi connectivity index (χ1n) is 13.2. The molecule has 1 aliphatic heterocycles. The summed E-state index contributed by atoms with van der Waals surface area (Å²) in [6, 6.07) is 1.97. The van der Waals surface area contributed by atoms with Crippen molar-refractivity contribution in [1.82, 2.24) is 19.7 Å². The maximum atomic E-state index is 15.1. The summed E-state index contributed by atoms with van der Waals surface area (Å²) in [7, 11) is 0. The molecule has 1 unspecified atom stereocenters. The number of halogens is 4. The third-order valence-electron chi connectivity index (χ3n) is 6.83. The van der Waals surface area contributed by atoms with Crippen LogP contribution in [0.4, 0.5) is 18.9 Å². The second kappa shape index (κ2) is 11.2. The predicted octanol–water partition coefficient (Wildman–Crippen LogP) is 4.89. The number of carbonyl (C=O) groups excluding carboxylic acids is 2. The number of hydrogen-bond acceptors (Lipinski definition) is 7. The fraction of sp³-hybridized carbons (Fsp3) is 0.286. The molecule has 214 valence electrons. The lowest BCUT2D eigenvalue weighted by molar-refractivity contribution is -0.123. The van der Waals surface area contributed by atoms with Gasteiger partial charge in [-0.1, -0.05) is 32.4 Å². The molecule has 0 radical (unpaired) electrons. The maximum absolute atomic E-state index is 15.1. The lowest BCUT2D eigenvalue weighted by atomic mass is 9.77. The van der Waals surface area contributed by atoms with Crippen LogP contribution in [0.2, 0.25) is 0 Å². The van der Waals surface area contributed by atoms with E-state index in [0.29, 0.717) is 29.2 Å². The number of carbonyl (C=O) groups is 1. The first kappa shape index (κ1) is 26.8. The Morgan fingerprint density at radius 3 is 2.56 bits per heavy atom. The van der Waals surface area contributed by atoms with Crippen LogP contribution < -0.4 is 10.6 Å². The second-order valence-corrected chi connectivity index (χ2v) is 10.3. The van der Waals surface area contributed by atoms with Gasteiger partial charge in [0.05, 0.1) is 20.8 Å². The number of amides is 1. The molecule has 0 saturated heterocycles. The molecule has 3 aromatic heterocycles. The van der Waals surface area contributed by atoms with Gasteiger partial charge in [-0.3, -0.25) is 9.78 Å². The van der Waals surface area contributed by atoms with Gasteiger partial charge in [0.25, 0.3) is 0 Å². The van der Waals surface area contributed by atoms with Gasteiger partial charge in [-0.2, -0.15) is 5.10 Å². The van der Waals surface area contributed by atoms with Gasteiger partial charge in [0.15, 0.2) is 29.1 Å². The average Bonchev–Trinajstić information content (AvgIpc) is 3.32. The molecule has 3 aromatic rings. The Labute approximate surface area is 241 Å². The van der Waals surface area contributed by atoms with Crippen LogP contribution in [0, 0.1) is 30.3 Å². The van der Waals surface area contributed by atoms with Gasteiger partial charge in [-0.25, -0.2) is 27.6 Å². The molecule has 0 fully saturated rings. The van der Waals surface area contributed by atoms with Gasteiger partial charge in [0, 0.05) is 41.4 Å². The number of anilines is 1. The molecule has 4 rings (SSSR count). The number of hydrogen-bond donors (Lipinski definition) is 1. The van der Waals surface area contributed by atoms with E-state index in [1.165, 1.54) is 27.9 Å². The van der Waals surface area contributed by atoms with Crippen molar-refractivity contribution in [3.8, 4) is 5.82 Å². The highest BCUT2D eigenvalue weighted by molar-refractivity contribution is 6.33. The van der Waals surface area contributed by atoms with Crippen molar-refractivity contribution in [1.29, 1.82) is 0 Å². The summed E-state index contributed by atoms with van der Waals surface area (Å²) in [6.07, 6.45) is 4.50. The molecule has 0 aliphatic carbocycles. The van der Waals surface area contributed by atoms with Crippen LogP contribution in [0.1, 0.15) is 47.4 Å². The average molecular weight is 589 g/mol. The number of nitrogens with two attached hydrogens (primary N) is 1. The lowest BCUT2D eigenvalue weighted by Gasteiger charge is -2.31. The van der Waals surface area contributed by atoms with E-state index in [1.54, 1.807) is 40.6 Å². The summed E-state index contributed by atoms with van der Waals surface area (Å²) in [5.74, 6) is -2.77. The molecule has 1 atom stereocenters. The fourth-order valence-corrected chi connectivity index (χ4v) is 4.33. The molecule has 2 N–H and O–H groups in total. The predicted molar refractivity (Wildman–Crippen MR) is 145 cm³/mol. The summed E-state index contributed by atoms with van der Waals surface area (Å²) in [4.78, 5) is 33.2. The van der Waals surface area contributed by atoms with Crippen molar-refractivity contribution >= 4 is 29.1 Å². The Hall–Kier alpha value is -4.41. The molecule has 9 nitrogen and oxygen atoms in total. The number of aromatic nitrogens is 4. The fourth-order valence-electron chi connectivity index (χ4n) is 4.11. The number of allylic oxidation sites excluding steroid dienone is 3. The minimum atomic E-state index is -2.90. The van der Waals surface area contributed by atoms with E-state index < -0.39 is 46.9 Å². The molecular weight excluding hydrogens is 561 g/mol. The third kappa shape index (κ3) is 5.61. The van der Waals surface area contributed by atoms with Crippen molar-refractivity contribution in [2.24, 2.45) is 11.7 Å². The monoisotopic (exact) mass is 588 g/mol. The highest BCUT2D eigenvalue weighted by Gasteiger charge is 2.37. The van der Waals surface area contributed by atoms with Gasteiger partial charge in [-0.05, 0) is 19.4 Å². The van der Waals surface area contributed by atoms with Crippen LogP contribution in [0.25, 0.3) is 5.82 Å². The van der Waals surface area contributed by atoms with Gasteiger partial charge in [0.1, 0.15) is 34.6 Å². The summed E-state index contributed by atoms with van der Waals surface area (Å²) >= 11 is 6.46. The van der Waals surface area contributed by atoms with E-state index in [1.807, 2.05) is 0 Å². The zero-order valence-corrected chi connectivity index (χ0v) is 23.3. The largest absolute Gasteiger partial charge is 0.485 e. The van der Waals surface area contributed by atoms with Crippen molar-refractivity contribution in [3.63, 3.8) is 0 Å². The molecule has 1 aliphatic rings. The first-order chi connectivity index (χ1) is 20.0. The number of aryl methyl sites for hydroxylation is 1. The minimum absolute atomic E-state index is 0.000582. The second-order valence-electron chi connectivity index (χ2n) is 9.88. The zero-order chi connectivity index (χ0) is 32.0. The summed E-state index contributed by atoms with van der Waals surface area (Å²) in [5, 5.41) is 3.97. The van der Waals surface area contributed by atoms with E-state index in [9.17, 15) is 18.4 Å². The van der Waals surface area contributed by atoms with E-state index in [2.05, 4.69) is 15.1 Å². The number of pyridine rings is 2. The number of rotatable bonds is 8. The topological polar surface area (TPSA) is 116 Å². The Bertz CT molecular complexity index is 1750. The quantitative estimate of drug-likeness (QED) is 0.372. The van der Waals surface area contributed by atoms with Crippen LogP contribution in [0.3, 0.4) is 0 Å². The number of primary amides is 1. The summed E-state index contributed by atoms with van der Waals surface area (Å²) < 4.78 is 65.5. The molecular formula is C28H26ClF3N6O3. The lowest BCUT2D eigenvalue weighted by Crippen LogP contribution is -2.37. The SMILES string of the molecule is [2H]C([2H])(OC1=C(Cl)C(=C=O)N(c2cc(-n3cc(F)c(C(C)(C)C(C)C(N)=O)n3)ncc2C)C(C)=C1)c1ncc(F)cc1F. The highest BCUT2D eigenvalue weighted by atomic mass is 35.5. The summed E-state index contributed by atoms with van der Waals surface area (Å²) in [5.41, 5.74) is 4.54. The van der Waals surface area contributed by atoms with Gasteiger partial charge >= 0.3 is 0 Å². The molecule has 13 heteroatoms. The van der Waals surface area contributed by atoms with Crippen LogP contribution in [0.15, 0.2) is 59.0 Å². The number of ether oxygens (including phenoxy) is 1. The van der Waals surface area contributed by atoms with Gasteiger partial charge in [0.2, 0.25) is 5.91 Å². The van der Waals surface area contributed by atoms with Crippen molar-refractivity contribution < 1.29 is 30.2 Å². The standard InChI is InChI=1S/C28H26ClF3N6O3/c1-14-9-35-24(37-11-19(32)26(36-37)28(4,5)16(3)27(33)40)8-21(14)38-15(2)6-23(25(29)22(38)12-39)41-13-20-18(31)7-17(30)10-34-20/h6-11,16H,13H2,1-5H3,(H2,33,40)/i13D2. The Balaban J connectivity index is 1.73. The third-order valence-corrected chi connectivity index (χ3v) is 7.19. The zero-order valence-electron chi connectivity index (χ0n) is 24.6. The Kier molecular flexibility index (Phi) is 7.34. The van der Waals surface area contributed by atoms with Crippen molar-refractivity contribution in [3.05, 3.63) is 93.4 Å². The van der Waals surface area contributed by atoms with Crippen LogP contribution >= 0.6 is 11.6 Å². The van der Waals surface area contributed by atoms with Crippen LogP contribution in [-0.4, -0.2) is 31.6 Å². The normalized spacial score (nSPS) is 15.7.